The molecule has 2 rings (SSSR count). The third-order valence-corrected chi connectivity index (χ3v) is 3.30. The van der Waals surface area contributed by atoms with Gasteiger partial charge in [-0.05, 0) is 26.3 Å². The normalized spacial score (nSPS) is 10.7. The first kappa shape index (κ1) is 15.5. The van der Waals surface area contributed by atoms with Crippen LogP contribution in [-0.4, -0.2) is 29.2 Å². The first-order valence-corrected chi connectivity index (χ1v) is 7.22. The van der Waals surface area contributed by atoms with Gasteiger partial charge in [-0.2, -0.15) is 0 Å². The second-order valence-electron chi connectivity index (χ2n) is 4.50. The molecular formula is C15H17ClN2O3. The Hall–Kier alpha value is -1.88. The van der Waals surface area contributed by atoms with Gasteiger partial charge < -0.3 is 9.47 Å². The lowest BCUT2D eigenvalue weighted by Gasteiger charge is -2.11. The van der Waals surface area contributed by atoms with E-state index in [0.717, 1.165) is 12.1 Å². The highest BCUT2D eigenvalue weighted by Gasteiger charge is 2.17. The van der Waals surface area contributed by atoms with Crippen molar-refractivity contribution in [3.8, 4) is 5.75 Å². The third-order valence-electron chi connectivity index (χ3n) is 2.89. The molecule has 2 aromatic rings. The van der Waals surface area contributed by atoms with Gasteiger partial charge in [0.1, 0.15) is 5.75 Å². The smallest absolute Gasteiger partial charge is 0.341 e. The molecule has 0 aliphatic heterocycles. The summed E-state index contributed by atoms with van der Waals surface area (Å²) in [5.41, 5.74) is 1.45. The summed E-state index contributed by atoms with van der Waals surface area (Å²) in [6.45, 7) is 6.49. The minimum Gasteiger partial charge on any atom is -0.492 e. The van der Waals surface area contributed by atoms with Gasteiger partial charge in [-0.3, -0.25) is 0 Å². The molecule has 0 bridgehead atoms. The van der Waals surface area contributed by atoms with Crippen molar-refractivity contribution < 1.29 is 14.3 Å². The summed E-state index contributed by atoms with van der Waals surface area (Å²) >= 11 is 6.29. The van der Waals surface area contributed by atoms with Crippen LogP contribution in [0.4, 0.5) is 0 Å². The highest BCUT2D eigenvalue weighted by Crippen LogP contribution is 2.29. The molecule has 0 saturated carbocycles. The van der Waals surface area contributed by atoms with Crippen LogP contribution in [-0.2, 0) is 4.74 Å². The number of aromatic nitrogens is 2. The van der Waals surface area contributed by atoms with Gasteiger partial charge in [-0.15, -0.1) is 0 Å². The van der Waals surface area contributed by atoms with Gasteiger partial charge in [0.25, 0.3) is 0 Å². The Morgan fingerprint density at radius 3 is 2.81 bits per heavy atom. The fraction of sp³-hybridized carbons (Fsp3) is 0.400. The molecule has 0 atom stereocenters. The summed E-state index contributed by atoms with van der Waals surface area (Å²) in [6, 6.07) is 1.77. The monoisotopic (exact) mass is 308 g/mol. The lowest BCUT2D eigenvalue weighted by molar-refractivity contribution is 0.0526. The molecule has 112 valence electrons. The molecule has 5 nitrogen and oxygen atoms in total. The quantitative estimate of drug-likeness (QED) is 0.790. The molecule has 0 saturated heterocycles. The zero-order valence-corrected chi connectivity index (χ0v) is 13.0. The highest BCUT2D eigenvalue weighted by atomic mass is 35.5. The first-order chi connectivity index (χ1) is 10.1. The Morgan fingerprint density at radius 2 is 2.14 bits per heavy atom. The molecule has 6 heteroatoms. The van der Waals surface area contributed by atoms with Crippen LogP contribution in [0.5, 0.6) is 5.75 Å². The van der Waals surface area contributed by atoms with Gasteiger partial charge in [-0.1, -0.05) is 18.5 Å². The summed E-state index contributed by atoms with van der Waals surface area (Å²) in [5, 5.41) is 0.867. The van der Waals surface area contributed by atoms with E-state index in [2.05, 4.69) is 9.97 Å². The van der Waals surface area contributed by atoms with E-state index >= 15 is 0 Å². The molecule has 2 aromatic heterocycles. The maximum Gasteiger partial charge on any atom is 0.341 e. The second-order valence-corrected chi connectivity index (χ2v) is 4.88. The molecule has 0 amide bonds. The lowest BCUT2D eigenvalue weighted by Crippen LogP contribution is -2.07. The number of fused-ring (bicyclic) bond motifs is 1. The van der Waals surface area contributed by atoms with E-state index in [-0.39, 0.29) is 17.2 Å². The Labute approximate surface area is 128 Å². The van der Waals surface area contributed by atoms with Crippen molar-refractivity contribution >= 4 is 28.6 Å². The van der Waals surface area contributed by atoms with Crippen LogP contribution in [0.2, 0.25) is 5.02 Å². The van der Waals surface area contributed by atoms with Gasteiger partial charge in [0, 0.05) is 11.6 Å². The summed E-state index contributed by atoms with van der Waals surface area (Å²) < 4.78 is 10.6. The molecule has 0 unspecified atom stereocenters. The van der Waals surface area contributed by atoms with Crippen molar-refractivity contribution in [1.82, 2.24) is 9.97 Å². The van der Waals surface area contributed by atoms with E-state index in [1.807, 2.05) is 13.8 Å². The molecule has 2 heterocycles. The highest BCUT2D eigenvalue weighted by molar-refractivity contribution is 6.38. The molecule has 0 aliphatic carbocycles. The topological polar surface area (TPSA) is 61.3 Å². The number of carbonyl (C=O) groups is 1. The van der Waals surface area contributed by atoms with Crippen LogP contribution in [0.1, 0.15) is 36.3 Å². The molecule has 0 fully saturated rings. The van der Waals surface area contributed by atoms with Crippen molar-refractivity contribution in [2.45, 2.75) is 27.2 Å². The van der Waals surface area contributed by atoms with Gasteiger partial charge >= 0.3 is 5.97 Å². The molecule has 0 aromatic carbocycles. The summed E-state index contributed by atoms with van der Waals surface area (Å²) in [4.78, 5) is 20.4. The number of rotatable bonds is 5. The van der Waals surface area contributed by atoms with Gasteiger partial charge in [0.05, 0.1) is 29.5 Å². The number of esters is 1. The standard InChI is InChI=1S/C15H17ClN2O3/c1-4-6-21-12-7-10-13(16)11(15(19)20-5-2)8-17-14(10)18-9(12)3/h7-8H,4-6H2,1-3H3. The number of halogens is 1. The average molecular weight is 309 g/mol. The maximum absolute atomic E-state index is 11.8. The molecule has 0 aliphatic rings. The average Bonchev–Trinajstić information content (AvgIpc) is 2.46. The van der Waals surface area contributed by atoms with Crippen molar-refractivity contribution in [3.63, 3.8) is 0 Å². The summed E-state index contributed by atoms with van der Waals surface area (Å²) in [7, 11) is 0. The van der Waals surface area contributed by atoms with E-state index in [1.54, 1.807) is 13.0 Å². The number of hydrogen-bond acceptors (Lipinski definition) is 5. The summed E-state index contributed by atoms with van der Waals surface area (Å²) in [6.07, 6.45) is 2.29. The van der Waals surface area contributed by atoms with Gasteiger partial charge in [0.15, 0.2) is 5.65 Å². The van der Waals surface area contributed by atoms with Crippen molar-refractivity contribution in [3.05, 3.63) is 28.5 Å². The molecular weight excluding hydrogens is 292 g/mol. The zero-order valence-electron chi connectivity index (χ0n) is 12.3. The Balaban J connectivity index is 2.52. The van der Waals surface area contributed by atoms with Crippen LogP contribution in [0, 0.1) is 6.92 Å². The third kappa shape index (κ3) is 3.24. The minimum absolute atomic E-state index is 0.234. The fourth-order valence-corrected chi connectivity index (χ4v) is 2.14. The van der Waals surface area contributed by atoms with Gasteiger partial charge in [-0.25, -0.2) is 14.8 Å². The number of aryl methyl sites for hydroxylation is 1. The van der Waals surface area contributed by atoms with Gasteiger partial charge in [0.2, 0.25) is 0 Å². The van der Waals surface area contributed by atoms with Crippen LogP contribution in [0.25, 0.3) is 11.0 Å². The van der Waals surface area contributed by atoms with E-state index in [1.165, 1.54) is 6.20 Å². The largest absolute Gasteiger partial charge is 0.492 e. The Kier molecular flexibility index (Phi) is 4.96. The van der Waals surface area contributed by atoms with Crippen molar-refractivity contribution in [2.24, 2.45) is 0 Å². The van der Waals surface area contributed by atoms with E-state index < -0.39 is 5.97 Å². The molecule has 21 heavy (non-hydrogen) atoms. The first-order valence-electron chi connectivity index (χ1n) is 6.84. The number of hydrogen-bond donors (Lipinski definition) is 0. The number of ether oxygens (including phenoxy) is 2. The van der Waals surface area contributed by atoms with Crippen LogP contribution in [0.3, 0.4) is 0 Å². The molecule has 0 N–H and O–H groups in total. The minimum atomic E-state index is -0.492. The van der Waals surface area contributed by atoms with Crippen LogP contribution < -0.4 is 4.74 Å². The van der Waals surface area contributed by atoms with Crippen molar-refractivity contribution in [1.29, 1.82) is 0 Å². The predicted octanol–water partition coefficient (Wildman–Crippen LogP) is 3.56. The number of pyridine rings is 2. The predicted molar refractivity (Wildman–Crippen MR) is 81.0 cm³/mol. The fourth-order valence-electron chi connectivity index (χ4n) is 1.87. The SMILES string of the molecule is CCCOc1cc2c(Cl)c(C(=O)OCC)cnc2nc1C. The van der Waals surface area contributed by atoms with E-state index in [4.69, 9.17) is 21.1 Å². The van der Waals surface area contributed by atoms with Crippen LogP contribution in [0.15, 0.2) is 12.3 Å². The summed E-state index contributed by atoms with van der Waals surface area (Å²) in [5.74, 6) is 0.155. The molecule has 0 spiro atoms. The van der Waals surface area contributed by atoms with E-state index in [9.17, 15) is 4.79 Å². The molecule has 0 radical (unpaired) electrons. The Bertz CT molecular complexity index is 674. The second kappa shape index (κ2) is 6.72. The lowest BCUT2D eigenvalue weighted by atomic mass is 10.2. The number of carbonyl (C=O) groups excluding carboxylic acids is 1. The van der Waals surface area contributed by atoms with Crippen molar-refractivity contribution in [2.75, 3.05) is 13.2 Å². The van der Waals surface area contributed by atoms with E-state index in [0.29, 0.717) is 23.4 Å². The maximum atomic E-state index is 11.8. The van der Waals surface area contributed by atoms with Crippen LogP contribution >= 0.6 is 11.6 Å². The Morgan fingerprint density at radius 1 is 1.38 bits per heavy atom. The number of nitrogens with zero attached hydrogens (tertiary/aromatic N) is 2. The zero-order chi connectivity index (χ0) is 15.4.